The van der Waals surface area contributed by atoms with Crippen LogP contribution in [0.25, 0.3) is 0 Å². The minimum atomic E-state index is -0.164. The molecule has 0 aromatic heterocycles. The van der Waals surface area contributed by atoms with Crippen molar-refractivity contribution in [3.8, 4) is 0 Å². The van der Waals surface area contributed by atoms with Gasteiger partial charge in [0, 0.05) is 8.95 Å². The Morgan fingerprint density at radius 3 is 2.24 bits per heavy atom. The zero-order chi connectivity index (χ0) is 12.0. The van der Waals surface area contributed by atoms with Gasteiger partial charge in [0.25, 0.3) is 0 Å². The van der Waals surface area contributed by atoms with E-state index in [0.717, 1.165) is 8.95 Å². The van der Waals surface area contributed by atoms with Crippen molar-refractivity contribution in [2.45, 2.75) is 6.92 Å². The number of carbonyl (C=O) groups is 2. The van der Waals surface area contributed by atoms with Crippen LogP contribution in [0.15, 0.2) is 19.5 Å². The first-order valence-corrected chi connectivity index (χ1v) is 6.99. The topological polar surface area (TPSA) is 38.6 Å². The molecule has 1 atom stereocenters. The molecule has 92 valence electrons. The molecule has 17 heavy (non-hydrogen) atoms. The van der Waals surface area contributed by atoms with Crippen molar-refractivity contribution >= 4 is 59.6 Å². The summed E-state index contributed by atoms with van der Waals surface area (Å²) in [5.74, 6) is -0.320. The summed E-state index contributed by atoms with van der Waals surface area (Å²) in [7, 11) is 0. The lowest BCUT2D eigenvalue weighted by atomic mass is 10.1. The van der Waals surface area contributed by atoms with Crippen LogP contribution in [0.1, 0.15) is 27.6 Å². The number of quaternary nitrogens is 1. The molecule has 0 spiro atoms. The van der Waals surface area contributed by atoms with Gasteiger partial charge < -0.3 is 17.0 Å². The van der Waals surface area contributed by atoms with Crippen molar-refractivity contribution < 1.29 is 31.5 Å². The van der Waals surface area contributed by atoms with E-state index < -0.39 is 0 Å². The molecule has 0 saturated heterocycles. The van der Waals surface area contributed by atoms with E-state index in [9.17, 15) is 9.59 Å². The number of nitrogens with one attached hydrogen (secondary N) is 1. The maximum atomic E-state index is 12.0. The Kier molecular flexibility index (Phi) is 5.11. The van der Waals surface area contributed by atoms with Gasteiger partial charge in [-0.15, -0.1) is 0 Å². The molecule has 1 unspecified atom stereocenters. The minimum absolute atomic E-state index is 0. The number of hydrogen-bond acceptors (Lipinski definition) is 2. The highest BCUT2D eigenvalue weighted by Crippen LogP contribution is 2.36. The van der Waals surface area contributed by atoms with Crippen molar-refractivity contribution in [3.63, 3.8) is 0 Å². The summed E-state index contributed by atoms with van der Waals surface area (Å²) < 4.78 is 2.15. The summed E-state index contributed by atoms with van der Waals surface area (Å²) in [6.45, 7) is 2.28. The molecule has 1 aromatic rings. The van der Waals surface area contributed by atoms with Gasteiger partial charge in [0.05, 0.1) is 16.6 Å². The Balaban J connectivity index is 0.00000144. The van der Waals surface area contributed by atoms with Gasteiger partial charge in [-0.05, 0) is 60.8 Å². The average molecular weight is 493 g/mol. The van der Waals surface area contributed by atoms with Crippen LogP contribution in [0.3, 0.4) is 0 Å². The van der Waals surface area contributed by atoms with Gasteiger partial charge in [-0.2, -0.15) is 0 Å². The van der Waals surface area contributed by atoms with Crippen LogP contribution in [-0.2, 0) is 0 Å². The van der Waals surface area contributed by atoms with Crippen LogP contribution >= 0.6 is 47.8 Å². The Labute approximate surface area is 134 Å². The molecule has 1 N–H and O–H groups in total. The molecule has 1 aliphatic heterocycles. The van der Waals surface area contributed by atoms with Gasteiger partial charge in [0.15, 0.2) is 0 Å². The lowest BCUT2D eigenvalue weighted by molar-refractivity contribution is -0.717. The molecular formula is C10H7Br4NO2. The van der Waals surface area contributed by atoms with Gasteiger partial charge in [0.2, 0.25) is 0 Å². The Morgan fingerprint density at radius 1 is 1.12 bits per heavy atom. The van der Waals surface area contributed by atoms with Gasteiger partial charge in [-0.25, -0.2) is 14.5 Å². The van der Waals surface area contributed by atoms with Crippen LogP contribution < -0.4 is 21.9 Å². The van der Waals surface area contributed by atoms with E-state index >= 15 is 0 Å². The van der Waals surface area contributed by atoms with E-state index in [1.165, 1.54) is 0 Å². The van der Waals surface area contributed by atoms with Gasteiger partial charge >= 0.3 is 11.8 Å². The summed E-state index contributed by atoms with van der Waals surface area (Å²) in [6.07, 6.45) is 0. The third kappa shape index (κ3) is 2.32. The van der Waals surface area contributed by atoms with Crippen molar-refractivity contribution in [1.29, 1.82) is 0 Å². The first-order valence-electron chi connectivity index (χ1n) is 4.61. The summed E-state index contributed by atoms with van der Waals surface area (Å²) in [5.41, 5.74) is 0.945. The number of benzene rings is 1. The fourth-order valence-electron chi connectivity index (χ4n) is 1.73. The highest BCUT2D eigenvalue weighted by atomic mass is 79.9. The SMILES string of the molecule is CC[NH+]1C(=O)c2cc(Br)c(Br)c(Br)c2C1=O.[Br-]. The monoisotopic (exact) mass is 489 g/mol. The third-order valence-electron chi connectivity index (χ3n) is 2.54. The molecular weight excluding hydrogens is 486 g/mol. The highest BCUT2D eigenvalue weighted by Gasteiger charge is 2.43. The standard InChI is InChI=1S/C10H6Br3NO2.BrH/c1-2-14-9(15)4-3-5(11)7(12)8(13)6(4)10(14)16;/h3H,2H2,1H3;1H. The second kappa shape index (κ2) is 5.61. The summed E-state index contributed by atoms with van der Waals surface area (Å²) in [5, 5.41) is 0. The summed E-state index contributed by atoms with van der Waals surface area (Å²) in [4.78, 5) is 24.3. The number of halogens is 4. The predicted molar refractivity (Wildman–Crippen MR) is 69.7 cm³/mol. The van der Waals surface area contributed by atoms with E-state index in [0.29, 0.717) is 27.0 Å². The van der Waals surface area contributed by atoms with Gasteiger partial charge in [-0.1, -0.05) is 0 Å². The number of imide groups is 1. The molecule has 0 saturated carbocycles. The molecule has 2 amide bonds. The van der Waals surface area contributed by atoms with E-state index in [-0.39, 0.29) is 28.8 Å². The average Bonchev–Trinajstić information content (AvgIpc) is 2.48. The second-order valence-corrected chi connectivity index (χ2v) is 5.84. The fourth-order valence-corrected chi connectivity index (χ4v) is 3.35. The van der Waals surface area contributed by atoms with E-state index in [4.69, 9.17) is 0 Å². The van der Waals surface area contributed by atoms with E-state index in [2.05, 4.69) is 47.8 Å². The lowest BCUT2D eigenvalue weighted by Gasteiger charge is -2.02. The number of carbonyl (C=O) groups excluding carboxylic acids is 2. The molecule has 7 heteroatoms. The smallest absolute Gasteiger partial charge is 0.354 e. The zero-order valence-electron chi connectivity index (χ0n) is 8.61. The fraction of sp³-hybridized carbons (Fsp3) is 0.200. The number of hydrogen-bond donors (Lipinski definition) is 1. The van der Waals surface area contributed by atoms with Crippen molar-refractivity contribution in [2.75, 3.05) is 6.54 Å². The predicted octanol–water partition coefficient (Wildman–Crippen LogP) is -0.823. The zero-order valence-corrected chi connectivity index (χ0v) is 15.0. The van der Waals surface area contributed by atoms with Crippen molar-refractivity contribution in [1.82, 2.24) is 0 Å². The Hall–Kier alpha value is 0.440. The third-order valence-corrected chi connectivity index (χ3v) is 5.84. The molecule has 0 fully saturated rings. The molecule has 1 aliphatic rings. The molecule has 3 nitrogen and oxygen atoms in total. The summed E-state index contributed by atoms with van der Waals surface area (Å²) in [6, 6.07) is 1.69. The summed E-state index contributed by atoms with van der Waals surface area (Å²) >= 11 is 10.0. The van der Waals surface area contributed by atoms with Crippen LogP contribution in [0, 0.1) is 0 Å². The highest BCUT2D eigenvalue weighted by molar-refractivity contribution is 9.14. The lowest BCUT2D eigenvalue weighted by Crippen LogP contribution is -3.14. The molecule has 1 heterocycles. The number of rotatable bonds is 1. The largest absolute Gasteiger partial charge is 1.00 e. The number of amides is 2. The maximum Gasteiger partial charge on any atom is 0.354 e. The van der Waals surface area contributed by atoms with Crippen LogP contribution in [0.2, 0.25) is 0 Å². The minimum Gasteiger partial charge on any atom is -1.00 e. The van der Waals surface area contributed by atoms with Crippen molar-refractivity contribution in [3.05, 3.63) is 30.6 Å². The Bertz CT molecular complexity index is 516. The van der Waals surface area contributed by atoms with Crippen molar-refractivity contribution in [2.24, 2.45) is 0 Å². The molecule has 1 aromatic carbocycles. The Morgan fingerprint density at radius 2 is 1.71 bits per heavy atom. The molecule has 0 aliphatic carbocycles. The van der Waals surface area contributed by atoms with Gasteiger partial charge in [-0.3, -0.25) is 0 Å². The first-order chi connectivity index (χ1) is 7.49. The first kappa shape index (κ1) is 15.5. The molecule has 2 rings (SSSR count). The molecule has 0 radical (unpaired) electrons. The second-order valence-electron chi connectivity index (χ2n) is 3.40. The van der Waals surface area contributed by atoms with E-state index in [1.807, 2.05) is 6.92 Å². The van der Waals surface area contributed by atoms with Gasteiger partial charge in [0.1, 0.15) is 5.56 Å². The molecule has 0 bridgehead atoms. The van der Waals surface area contributed by atoms with Crippen LogP contribution in [-0.4, -0.2) is 18.4 Å². The van der Waals surface area contributed by atoms with E-state index in [1.54, 1.807) is 6.07 Å². The quantitative estimate of drug-likeness (QED) is 0.411. The van der Waals surface area contributed by atoms with Crippen LogP contribution in [0.5, 0.6) is 0 Å². The maximum absolute atomic E-state index is 12.0. The normalized spacial score (nSPS) is 18.0. The number of fused-ring (bicyclic) bond motifs is 1. The van der Waals surface area contributed by atoms with Crippen LogP contribution in [0.4, 0.5) is 0 Å².